The Morgan fingerprint density at radius 3 is 2.61 bits per heavy atom. The molecule has 0 N–H and O–H groups in total. The molecule has 0 aliphatic carbocycles. The molecule has 0 bridgehead atoms. The highest BCUT2D eigenvalue weighted by Gasteiger charge is 2.31. The van der Waals surface area contributed by atoms with Gasteiger partial charge in [0, 0.05) is 30.0 Å². The standard InChI is InChI=1S/C19H23N3O/c1-4-17-13(2)20-14(3)21-18(17)10-15-11-19(23)22(12-15)16-8-6-5-7-9-16/h5-9,15H,4,10-12H2,1-3H3. The van der Waals surface area contributed by atoms with Gasteiger partial charge >= 0.3 is 0 Å². The van der Waals surface area contributed by atoms with Gasteiger partial charge in [0.1, 0.15) is 5.82 Å². The number of benzene rings is 1. The Hall–Kier alpha value is -2.23. The Morgan fingerprint density at radius 2 is 1.91 bits per heavy atom. The van der Waals surface area contributed by atoms with Gasteiger partial charge in [-0.15, -0.1) is 0 Å². The van der Waals surface area contributed by atoms with Crippen molar-refractivity contribution in [2.24, 2.45) is 5.92 Å². The van der Waals surface area contributed by atoms with Crippen molar-refractivity contribution < 1.29 is 4.79 Å². The summed E-state index contributed by atoms with van der Waals surface area (Å²) in [5.41, 5.74) is 4.41. The van der Waals surface area contributed by atoms with Gasteiger partial charge in [-0.2, -0.15) is 0 Å². The summed E-state index contributed by atoms with van der Waals surface area (Å²) in [5, 5.41) is 0. The monoisotopic (exact) mass is 309 g/mol. The molecule has 4 nitrogen and oxygen atoms in total. The van der Waals surface area contributed by atoms with Crippen LogP contribution >= 0.6 is 0 Å². The summed E-state index contributed by atoms with van der Waals surface area (Å²) in [6, 6.07) is 9.92. The molecule has 1 unspecified atom stereocenters. The fraction of sp³-hybridized carbons (Fsp3) is 0.421. The zero-order valence-corrected chi connectivity index (χ0v) is 14.0. The van der Waals surface area contributed by atoms with Crippen LogP contribution in [-0.4, -0.2) is 22.4 Å². The average molecular weight is 309 g/mol. The number of aromatic nitrogens is 2. The lowest BCUT2D eigenvalue weighted by atomic mass is 9.97. The number of nitrogens with zero attached hydrogens (tertiary/aromatic N) is 3. The minimum Gasteiger partial charge on any atom is -0.312 e. The number of amides is 1. The van der Waals surface area contributed by atoms with Crippen molar-refractivity contribution in [3.63, 3.8) is 0 Å². The molecule has 1 atom stereocenters. The van der Waals surface area contributed by atoms with Crippen LogP contribution in [-0.2, 0) is 17.6 Å². The number of hydrogen-bond acceptors (Lipinski definition) is 3. The normalized spacial score (nSPS) is 17.8. The largest absolute Gasteiger partial charge is 0.312 e. The number of carbonyl (C=O) groups excluding carboxylic acids is 1. The van der Waals surface area contributed by atoms with E-state index in [-0.39, 0.29) is 5.91 Å². The SMILES string of the molecule is CCc1c(C)nc(C)nc1CC1CC(=O)N(c2ccccc2)C1. The van der Waals surface area contributed by atoms with Crippen LogP contribution < -0.4 is 4.90 Å². The summed E-state index contributed by atoms with van der Waals surface area (Å²) in [6.45, 7) is 6.90. The van der Waals surface area contributed by atoms with Crippen molar-refractivity contribution in [2.75, 3.05) is 11.4 Å². The number of carbonyl (C=O) groups is 1. The quantitative estimate of drug-likeness (QED) is 0.871. The maximum atomic E-state index is 12.4. The maximum Gasteiger partial charge on any atom is 0.227 e. The van der Waals surface area contributed by atoms with Gasteiger partial charge in [-0.3, -0.25) is 4.79 Å². The number of anilines is 1. The Balaban J connectivity index is 1.79. The van der Waals surface area contributed by atoms with Gasteiger partial charge in [-0.25, -0.2) is 9.97 Å². The summed E-state index contributed by atoms with van der Waals surface area (Å²) in [4.78, 5) is 23.4. The Bertz CT molecular complexity index is 712. The lowest BCUT2D eigenvalue weighted by molar-refractivity contribution is -0.117. The lowest BCUT2D eigenvalue weighted by Gasteiger charge is -2.17. The van der Waals surface area contributed by atoms with E-state index in [1.165, 1.54) is 5.56 Å². The molecule has 23 heavy (non-hydrogen) atoms. The van der Waals surface area contributed by atoms with E-state index in [1.54, 1.807) is 0 Å². The Labute approximate surface area is 137 Å². The average Bonchev–Trinajstić information content (AvgIpc) is 2.88. The predicted molar refractivity (Wildman–Crippen MR) is 91.5 cm³/mol. The molecule has 3 rings (SSSR count). The van der Waals surface area contributed by atoms with Gasteiger partial charge in [-0.1, -0.05) is 25.1 Å². The van der Waals surface area contributed by atoms with E-state index in [0.717, 1.165) is 42.3 Å². The van der Waals surface area contributed by atoms with E-state index >= 15 is 0 Å². The first-order valence-corrected chi connectivity index (χ1v) is 8.27. The van der Waals surface area contributed by atoms with E-state index in [2.05, 4.69) is 16.9 Å². The number of aryl methyl sites for hydroxylation is 2. The summed E-state index contributed by atoms with van der Waals surface area (Å²) < 4.78 is 0. The van der Waals surface area contributed by atoms with E-state index in [4.69, 9.17) is 0 Å². The van der Waals surface area contributed by atoms with Crippen molar-refractivity contribution in [1.29, 1.82) is 0 Å². The molecule has 1 amide bonds. The summed E-state index contributed by atoms with van der Waals surface area (Å²) in [5.74, 6) is 1.35. The molecule has 2 aromatic rings. The molecule has 0 saturated carbocycles. The number of hydrogen-bond donors (Lipinski definition) is 0. The first-order valence-electron chi connectivity index (χ1n) is 8.27. The molecule has 0 spiro atoms. The van der Waals surface area contributed by atoms with Crippen molar-refractivity contribution in [1.82, 2.24) is 9.97 Å². The molecular weight excluding hydrogens is 286 g/mol. The van der Waals surface area contributed by atoms with Crippen LogP contribution in [0.15, 0.2) is 30.3 Å². The van der Waals surface area contributed by atoms with Gasteiger partial charge in [0.2, 0.25) is 5.91 Å². The highest BCUT2D eigenvalue weighted by molar-refractivity contribution is 5.95. The van der Waals surface area contributed by atoms with Crippen molar-refractivity contribution in [3.8, 4) is 0 Å². The van der Waals surface area contributed by atoms with Crippen molar-refractivity contribution >= 4 is 11.6 Å². The first-order chi connectivity index (χ1) is 11.1. The van der Waals surface area contributed by atoms with E-state index in [9.17, 15) is 4.79 Å². The van der Waals surface area contributed by atoms with Crippen LogP contribution in [0.5, 0.6) is 0 Å². The van der Waals surface area contributed by atoms with Gasteiger partial charge in [0.05, 0.1) is 0 Å². The second kappa shape index (κ2) is 6.49. The Kier molecular flexibility index (Phi) is 4.42. The minimum absolute atomic E-state index is 0.210. The highest BCUT2D eigenvalue weighted by Crippen LogP contribution is 2.28. The minimum atomic E-state index is 0.210. The van der Waals surface area contributed by atoms with E-state index < -0.39 is 0 Å². The third-order valence-electron chi connectivity index (χ3n) is 4.52. The summed E-state index contributed by atoms with van der Waals surface area (Å²) in [7, 11) is 0. The maximum absolute atomic E-state index is 12.4. The summed E-state index contributed by atoms with van der Waals surface area (Å²) >= 11 is 0. The molecule has 1 fully saturated rings. The van der Waals surface area contributed by atoms with Crippen molar-refractivity contribution in [3.05, 3.63) is 53.1 Å². The van der Waals surface area contributed by atoms with Crippen LogP contribution in [0.4, 0.5) is 5.69 Å². The molecule has 1 aliphatic rings. The second-order valence-electron chi connectivity index (χ2n) is 6.25. The van der Waals surface area contributed by atoms with Crippen LogP contribution in [0.2, 0.25) is 0 Å². The van der Waals surface area contributed by atoms with Gasteiger partial charge in [0.25, 0.3) is 0 Å². The Morgan fingerprint density at radius 1 is 1.17 bits per heavy atom. The highest BCUT2D eigenvalue weighted by atomic mass is 16.2. The molecule has 2 heterocycles. The number of para-hydroxylation sites is 1. The lowest BCUT2D eigenvalue weighted by Crippen LogP contribution is -2.24. The summed E-state index contributed by atoms with van der Waals surface area (Å²) in [6.07, 6.45) is 2.38. The molecule has 1 aromatic carbocycles. The second-order valence-corrected chi connectivity index (χ2v) is 6.25. The zero-order valence-electron chi connectivity index (χ0n) is 14.0. The van der Waals surface area contributed by atoms with Crippen LogP contribution in [0.1, 0.15) is 36.1 Å². The molecule has 1 aromatic heterocycles. The van der Waals surface area contributed by atoms with E-state index in [0.29, 0.717) is 12.3 Å². The van der Waals surface area contributed by atoms with Gasteiger partial charge in [-0.05, 0) is 50.3 Å². The third kappa shape index (κ3) is 3.26. The predicted octanol–water partition coefficient (Wildman–Crippen LogP) is 3.25. The third-order valence-corrected chi connectivity index (χ3v) is 4.52. The molecular formula is C19H23N3O. The topological polar surface area (TPSA) is 46.1 Å². The van der Waals surface area contributed by atoms with Crippen LogP contribution in [0.25, 0.3) is 0 Å². The smallest absolute Gasteiger partial charge is 0.227 e. The zero-order chi connectivity index (χ0) is 16.4. The first kappa shape index (κ1) is 15.7. The fourth-order valence-electron chi connectivity index (χ4n) is 3.48. The molecule has 1 aliphatic heterocycles. The van der Waals surface area contributed by atoms with Crippen molar-refractivity contribution in [2.45, 2.75) is 40.0 Å². The van der Waals surface area contributed by atoms with Gasteiger partial charge in [0.15, 0.2) is 0 Å². The fourth-order valence-corrected chi connectivity index (χ4v) is 3.48. The number of rotatable bonds is 4. The van der Waals surface area contributed by atoms with E-state index in [1.807, 2.05) is 49.1 Å². The van der Waals surface area contributed by atoms with Gasteiger partial charge < -0.3 is 4.90 Å². The van der Waals surface area contributed by atoms with Crippen LogP contribution in [0.3, 0.4) is 0 Å². The molecule has 1 saturated heterocycles. The molecule has 120 valence electrons. The molecule has 4 heteroatoms. The van der Waals surface area contributed by atoms with Crippen LogP contribution in [0, 0.1) is 19.8 Å². The molecule has 0 radical (unpaired) electrons.